The summed E-state index contributed by atoms with van der Waals surface area (Å²) in [6.07, 6.45) is 3.88. The summed E-state index contributed by atoms with van der Waals surface area (Å²) in [5.41, 5.74) is 1.74. The molecule has 1 aromatic rings. The summed E-state index contributed by atoms with van der Waals surface area (Å²) < 4.78 is 13.5. The first-order valence-corrected chi connectivity index (χ1v) is 6.40. The zero-order valence-corrected chi connectivity index (χ0v) is 11.1. The van der Waals surface area contributed by atoms with Crippen LogP contribution in [-0.2, 0) is 0 Å². The molecule has 1 rings (SSSR count). The maximum Gasteiger partial charge on any atom is 0.130 e. The molecule has 0 fully saturated rings. The van der Waals surface area contributed by atoms with Gasteiger partial charge in [-0.2, -0.15) is 0 Å². The summed E-state index contributed by atoms with van der Waals surface area (Å²) >= 11 is 5.86. The maximum absolute atomic E-state index is 13.5. The van der Waals surface area contributed by atoms with E-state index >= 15 is 0 Å². The predicted octanol–water partition coefficient (Wildman–Crippen LogP) is 4.27. The van der Waals surface area contributed by atoms with E-state index in [-0.39, 0.29) is 5.82 Å². The fraction of sp³-hybridized carbons (Fsp3) is 0.429. The Bertz CT molecular complexity index is 388. The Balaban J connectivity index is 2.78. The van der Waals surface area contributed by atoms with E-state index in [9.17, 15) is 4.39 Å². The normalized spacial score (nSPS) is 11.9. The Hall–Kier alpha value is -0.860. The summed E-state index contributed by atoms with van der Waals surface area (Å²) in [5.74, 6) is -0.226. The van der Waals surface area contributed by atoms with Crippen molar-refractivity contribution in [1.29, 1.82) is 0 Å². The van der Waals surface area contributed by atoms with Crippen molar-refractivity contribution >= 4 is 17.7 Å². The number of benzene rings is 1. The molecule has 1 nitrogen and oxygen atoms in total. The Morgan fingerprint density at radius 2 is 2.18 bits per heavy atom. The molecule has 0 bridgehead atoms. The second-order valence-electron chi connectivity index (χ2n) is 4.00. The van der Waals surface area contributed by atoms with E-state index in [0.29, 0.717) is 10.6 Å². The van der Waals surface area contributed by atoms with Gasteiger partial charge in [-0.05, 0) is 37.6 Å². The molecule has 0 aromatic heterocycles. The number of nitrogens with one attached hydrogen (secondary N) is 1. The van der Waals surface area contributed by atoms with Crippen molar-refractivity contribution in [2.45, 2.75) is 26.7 Å². The third-order valence-electron chi connectivity index (χ3n) is 2.55. The molecule has 1 N–H and O–H groups in total. The number of halogens is 2. The molecule has 0 spiro atoms. The molecule has 3 heteroatoms. The standard InChI is InChI=1S/C14H19ClFN/c1-3-7-17-10-11(4-2)8-12-9-13(15)5-6-14(12)16/h5-6,8-9,17H,3-4,7,10H2,1-2H3/b11-8+. The molecule has 0 aliphatic heterocycles. The minimum absolute atomic E-state index is 0.226. The van der Waals surface area contributed by atoms with Crippen LogP contribution in [0.25, 0.3) is 6.08 Å². The van der Waals surface area contributed by atoms with Crippen LogP contribution < -0.4 is 5.32 Å². The van der Waals surface area contributed by atoms with Gasteiger partial charge >= 0.3 is 0 Å². The zero-order valence-electron chi connectivity index (χ0n) is 10.4. The average molecular weight is 256 g/mol. The summed E-state index contributed by atoms with van der Waals surface area (Å²) in [4.78, 5) is 0. The van der Waals surface area contributed by atoms with Crippen molar-refractivity contribution in [2.24, 2.45) is 0 Å². The highest BCUT2D eigenvalue weighted by Gasteiger charge is 2.02. The smallest absolute Gasteiger partial charge is 0.130 e. The van der Waals surface area contributed by atoms with Crippen molar-refractivity contribution in [3.05, 3.63) is 40.2 Å². The van der Waals surface area contributed by atoms with E-state index in [0.717, 1.165) is 25.9 Å². The first-order chi connectivity index (χ1) is 8.17. The highest BCUT2D eigenvalue weighted by atomic mass is 35.5. The molecule has 17 heavy (non-hydrogen) atoms. The van der Waals surface area contributed by atoms with Gasteiger partial charge in [0.2, 0.25) is 0 Å². The first-order valence-electron chi connectivity index (χ1n) is 6.02. The van der Waals surface area contributed by atoms with Crippen molar-refractivity contribution in [1.82, 2.24) is 5.32 Å². The summed E-state index contributed by atoms with van der Waals surface area (Å²) in [7, 11) is 0. The van der Waals surface area contributed by atoms with E-state index in [2.05, 4.69) is 19.2 Å². The van der Waals surface area contributed by atoms with Crippen LogP contribution in [0.3, 0.4) is 0 Å². The fourth-order valence-corrected chi connectivity index (χ4v) is 1.73. The molecule has 0 saturated carbocycles. The van der Waals surface area contributed by atoms with E-state index in [1.165, 1.54) is 11.6 Å². The van der Waals surface area contributed by atoms with Crippen molar-refractivity contribution in [3.63, 3.8) is 0 Å². The van der Waals surface area contributed by atoms with E-state index < -0.39 is 0 Å². The molecule has 1 aromatic carbocycles. The highest BCUT2D eigenvalue weighted by molar-refractivity contribution is 6.30. The molecular formula is C14H19ClFN. The lowest BCUT2D eigenvalue weighted by atomic mass is 10.1. The van der Waals surface area contributed by atoms with Gasteiger partial charge in [0.25, 0.3) is 0 Å². The van der Waals surface area contributed by atoms with Gasteiger partial charge in [-0.1, -0.05) is 37.1 Å². The number of rotatable bonds is 6. The second kappa shape index (κ2) is 7.46. The van der Waals surface area contributed by atoms with Crippen LogP contribution in [0, 0.1) is 5.82 Å². The van der Waals surface area contributed by atoms with Crippen LogP contribution in [0.5, 0.6) is 0 Å². The van der Waals surface area contributed by atoms with E-state index in [1.807, 2.05) is 6.08 Å². The van der Waals surface area contributed by atoms with Gasteiger partial charge < -0.3 is 5.32 Å². The van der Waals surface area contributed by atoms with Gasteiger partial charge in [0, 0.05) is 17.1 Å². The van der Waals surface area contributed by atoms with Crippen LogP contribution in [0.1, 0.15) is 32.3 Å². The molecule has 0 aliphatic carbocycles. The third-order valence-corrected chi connectivity index (χ3v) is 2.79. The maximum atomic E-state index is 13.5. The molecule has 94 valence electrons. The van der Waals surface area contributed by atoms with Gasteiger partial charge in [0.1, 0.15) is 5.82 Å². The molecule has 0 saturated heterocycles. The predicted molar refractivity (Wildman–Crippen MR) is 72.8 cm³/mol. The summed E-state index contributed by atoms with van der Waals surface area (Å²) in [6.45, 7) is 5.98. The quantitative estimate of drug-likeness (QED) is 0.749. The molecule has 0 amide bonds. The van der Waals surface area contributed by atoms with Crippen molar-refractivity contribution in [3.8, 4) is 0 Å². The first kappa shape index (κ1) is 14.2. The van der Waals surface area contributed by atoms with Gasteiger partial charge in [-0.3, -0.25) is 0 Å². The lowest BCUT2D eigenvalue weighted by Crippen LogP contribution is -2.17. The van der Waals surface area contributed by atoms with Crippen LogP contribution in [0.15, 0.2) is 23.8 Å². The largest absolute Gasteiger partial charge is 0.313 e. The van der Waals surface area contributed by atoms with Crippen molar-refractivity contribution in [2.75, 3.05) is 13.1 Å². The average Bonchev–Trinajstić information content (AvgIpc) is 2.32. The Morgan fingerprint density at radius 3 is 2.82 bits per heavy atom. The topological polar surface area (TPSA) is 12.0 Å². The van der Waals surface area contributed by atoms with Crippen LogP contribution in [-0.4, -0.2) is 13.1 Å². The van der Waals surface area contributed by atoms with E-state index in [1.54, 1.807) is 12.1 Å². The fourth-order valence-electron chi connectivity index (χ4n) is 1.55. The molecular weight excluding hydrogens is 237 g/mol. The summed E-state index contributed by atoms with van der Waals surface area (Å²) in [5, 5.41) is 3.88. The summed E-state index contributed by atoms with van der Waals surface area (Å²) in [6, 6.07) is 4.63. The van der Waals surface area contributed by atoms with Crippen LogP contribution in [0.2, 0.25) is 5.02 Å². The van der Waals surface area contributed by atoms with Gasteiger partial charge in [-0.25, -0.2) is 4.39 Å². The minimum atomic E-state index is -0.226. The Labute approximate surface area is 108 Å². The second-order valence-corrected chi connectivity index (χ2v) is 4.44. The monoisotopic (exact) mass is 255 g/mol. The molecule has 0 atom stereocenters. The van der Waals surface area contributed by atoms with Crippen LogP contribution >= 0.6 is 11.6 Å². The van der Waals surface area contributed by atoms with Crippen LogP contribution in [0.4, 0.5) is 4.39 Å². The molecule has 0 heterocycles. The minimum Gasteiger partial charge on any atom is -0.313 e. The Morgan fingerprint density at radius 1 is 1.41 bits per heavy atom. The van der Waals surface area contributed by atoms with Gasteiger partial charge in [0.05, 0.1) is 0 Å². The zero-order chi connectivity index (χ0) is 12.7. The van der Waals surface area contributed by atoms with Gasteiger partial charge in [-0.15, -0.1) is 0 Å². The lowest BCUT2D eigenvalue weighted by molar-refractivity contribution is 0.624. The van der Waals surface area contributed by atoms with Crippen molar-refractivity contribution < 1.29 is 4.39 Å². The number of hydrogen-bond acceptors (Lipinski definition) is 1. The third kappa shape index (κ3) is 4.88. The molecule has 0 radical (unpaired) electrons. The number of hydrogen-bond donors (Lipinski definition) is 1. The van der Waals surface area contributed by atoms with Gasteiger partial charge in [0.15, 0.2) is 0 Å². The molecule has 0 unspecified atom stereocenters. The van der Waals surface area contributed by atoms with E-state index in [4.69, 9.17) is 11.6 Å². The highest BCUT2D eigenvalue weighted by Crippen LogP contribution is 2.18. The SMILES string of the molecule is CCCNC/C(=C/c1cc(Cl)ccc1F)CC. The Kier molecular flexibility index (Phi) is 6.23. The molecule has 0 aliphatic rings. The lowest BCUT2D eigenvalue weighted by Gasteiger charge is -2.07.